The van der Waals surface area contributed by atoms with Crippen LogP contribution in [0.1, 0.15) is 6.92 Å². The van der Waals surface area contributed by atoms with Gasteiger partial charge in [0.2, 0.25) is 5.91 Å². The van der Waals surface area contributed by atoms with Gasteiger partial charge in [-0.3, -0.25) is 9.59 Å². The Kier molecular flexibility index (Phi) is 4.70. The molecule has 6 heteroatoms. The largest absolute Gasteiger partial charge is 0.394 e. The maximum absolute atomic E-state index is 11.4. The number of hydrogen-bond acceptors (Lipinski definition) is 3. The van der Waals surface area contributed by atoms with Crippen molar-refractivity contribution in [1.29, 1.82) is 0 Å². The third-order valence-electron chi connectivity index (χ3n) is 1.94. The number of nitrogens with one attached hydrogen (secondary N) is 1. The average molecular weight is 289 g/mol. The van der Waals surface area contributed by atoms with Gasteiger partial charge in [-0.2, -0.15) is 0 Å². The summed E-state index contributed by atoms with van der Waals surface area (Å²) in [6, 6.07) is 2.69. The fourth-order valence-electron chi connectivity index (χ4n) is 1.15. The van der Waals surface area contributed by atoms with Crippen molar-refractivity contribution in [2.45, 2.75) is 19.5 Å². The molecule has 1 aromatic rings. The van der Waals surface area contributed by atoms with E-state index in [4.69, 9.17) is 5.11 Å². The Morgan fingerprint density at radius 2 is 2.31 bits per heavy atom. The minimum absolute atomic E-state index is 0.0530. The maximum atomic E-state index is 11.4. The van der Waals surface area contributed by atoms with Crippen LogP contribution < -0.4 is 10.9 Å². The zero-order valence-corrected chi connectivity index (χ0v) is 10.4. The molecular weight excluding hydrogens is 276 g/mol. The van der Waals surface area contributed by atoms with E-state index >= 15 is 0 Å². The van der Waals surface area contributed by atoms with Crippen molar-refractivity contribution in [3.8, 4) is 0 Å². The van der Waals surface area contributed by atoms with Crippen LogP contribution in [0.3, 0.4) is 0 Å². The van der Waals surface area contributed by atoms with Crippen LogP contribution in [-0.2, 0) is 11.3 Å². The minimum Gasteiger partial charge on any atom is -0.394 e. The molecule has 1 rings (SSSR count). The summed E-state index contributed by atoms with van der Waals surface area (Å²) >= 11 is 3.22. The first-order valence-corrected chi connectivity index (χ1v) is 5.58. The van der Waals surface area contributed by atoms with Crippen LogP contribution in [0.2, 0.25) is 0 Å². The Balaban J connectivity index is 2.69. The molecule has 1 unspecified atom stereocenters. The number of aromatic nitrogens is 1. The van der Waals surface area contributed by atoms with Crippen LogP contribution in [0.5, 0.6) is 0 Å². The summed E-state index contributed by atoms with van der Waals surface area (Å²) in [7, 11) is 0. The van der Waals surface area contributed by atoms with Crippen molar-refractivity contribution in [2.24, 2.45) is 0 Å². The fourth-order valence-corrected chi connectivity index (χ4v) is 1.53. The van der Waals surface area contributed by atoms with Gasteiger partial charge in [-0.25, -0.2) is 0 Å². The van der Waals surface area contributed by atoms with Gasteiger partial charge in [0.1, 0.15) is 6.54 Å². The normalized spacial score (nSPS) is 12.2. The molecule has 16 heavy (non-hydrogen) atoms. The molecule has 1 atom stereocenters. The number of carbonyl (C=O) groups is 1. The first-order valence-electron chi connectivity index (χ1n) is 4.79. The molecule has 1 aromatic heterocycles. The molecule has 0 fully saturated rings. The quantitative estimate of drug-likeness (QED) is 0.826. The number of nitrogens with zero attached hydrogens (tertiary/aromatic N) is 1. The second-order valence-electron chi connectivity index (χ2n) is 3.46. The van der Waals surface area contributed by atoms with Gasteiger partial charge < -0.3 is 15.0 Å². The Labute approximate surface area is 101 Å². The van der Waals surface area contributed by atoms with Gasteiger partial charge in [0, 0.05) is 22.8 Å². The Hall–Kier alpha value is -1.14. The van der Waals surface area contributed by atoms with Gasteiger partial charge in [0.05, 0.1) is 6.61 Å². The monoisotopic (exact) mass is 288 g/mol. The van der Waals surface area contributed by atoms with Crippen LogP contribution in [0.25, 0.3) is 0 Å². The summed E-state index contributed by atoms with van der Waals surface area (Å²) in [5.41, 5.74) is -0.241. The van der Waals surface area contributed by atoms with E-state index in [9.17, 15) is 9.59 Å². The molecule has 88 valence electrons. The standard InChI is InChI=1S/C10H13BrN2O3/c1-7(6-14)12-9(15)5-13-4-8(11)2-3-10(13)16/h2-4,7,14H,5-6H2,1H3,(H,12,15). The van der Waals surface area contributed by atoms with E-state index in [0.717, 1.165) is 4.47 Å². The van der Waals surface area contributed by atoms with E-state index in [1.807, 2.05) is 0 Å². The summed E-state index contributed by atoms with van der Waals surface area (Å²) in [5.74, 6) is -0.304. The van der Waals surface area contributed by atoms with Gasteiger partial charge in [0.15, 0.2) is 0 Å². The van der Waals surface area contributed by atoms with Crippen molar-refractivity contribution in [3.05, 3.63) is 33.2 Å². The molecule has 0 radical (unpaired) electrons. The summed E-state index contributed by atoms with van der Waals surface area (Å²) in [5, 5.41) is 11.3. The molecule has 0 bridgehead atoms. The predicted molar refractivity (Wildman–Crippen MR) is 63.1 cm³/mol. The van der Waals surface area contributed by atoms with Crippen LogP contribution in [0.15, 0.2) is 27.6 Å². The second-order valence-corrected chi connectivity index (χ2v) is 4.38. The zero-order chi connectivity index (χ0) is 12.1. The highest BCUT2D eigenvalue weighted by Crippen LogP contribution is 2.04. The molecule has 0 saturated heterocycles. The predicted octanol–water partition coefficient (Wildman–Crippen LogP) is 0.108. The first kappa shape index (κ1) is 12.9. The number of pyridine rings is 1. The SMILES string of the molecule is CC(CO)NC(=O)Cn1cc(Br)ccc1=O. The lowest BCUT2D eigenvalue weighted by Crippen LogP contribution is -2.38. The lowest BCUT2D eigenvalue weighted by molar-refractivity contribution is -0.122. The van der Waals surface area contributed by atoms with Crippen LogP contribution in [0.4, 0.5) is 0 Å². The van der Waals surface area contributed by atoms with E-state index in [0.29, 0.717) is 0 Å². The van der Waals surface area contributed by atoms with Gasteiger partial charge in [-0.05, 0) is 28.9 Å². The fraction of sp³-hybridized carbons (Fsp3) is 0.400. The van der Waals surface area contributed by atoms with Crippen molar-refractivity contribution >= 4 is 21.8 Å². The number of carbonyl (C=O) groups excluding carboxylic acids is 1. The molecular formula is C10H13BrN2O3. The molecule has 0 saturated carbocycles. The number of amides is 1. The van der Waals surface area contributed by atoms with Gasteiger partial charge in [0.25, 0.3) is 5.56 Å². The smallest absolute Gasteiger partial charge is 0.251 e. The van der Waals surface area contributed by atoms with E-state index < -0.39 is 0 Å². The van der Waals surface area contributed by atoms with E-state index in [-0.39, 0.29) is 30.7 Å². The molecule has 1 heterocycles. The van der Waals surface area contributed by atoms with Crippen LogP contribution in [0, 0.1) is 0 Å². The minimum atomic E-state index is -0.310. The molecule has 1 amide bonds. The number of aliphatic hydroxyl groups is 1. The lowest BCUT2D eigenvalue weighted by atomic mass is 10.3. The average Bonchev–Trinajstić information content (AvgIpc) is 2.23. The van der Waals surface area contributed by atoms with Gasteiger partial charge >= 0.3 is 0 Å². The lowest BCUT2D eigenvalue weighted by Gasteiger charge is -2.11. The van der Waals surface area contributed by atoms with Crippen molar-refractivity contribution < 1.29 is 9.90 Å². The van der Waals surface area contributed by atoms with Gasteiger partial charge in [-0.1, -0.05) is 0 Å². The molecule has 2 N–H and O–H groups in total. The molecule has 5 nitrogen and oxygen atoms in total. The molecule has 0 aliphatic rings. The van der Waals surface area contributed by atoms with Crippen LogP contribution in [-0.4, -0.2) is 28.2 Å². The summed E-state index contributed by atoms with van der Waals surface area (Å²) in [4.78, 5) is 22.8. The van der Waals surface area contributed by atoms with Crippen molar-refractivity contribution in [1.82, 2.24) is 9.88 Å². The van der Waals surface area contributed by atoms with Crippen LogP contribution >= 0.6 is 15.9 Å². The highest BCUT2D eigenvalue weighted by Gasteiger charge is 2.07. The topological polar surface area (TPSA) is 71.3 Å². The number of hydrogen-bond donors (Lipinski definition) is 2. The molecule has 0 aliphatic heterocycles. The van der Waals surface area contributed by atoms with Gasteiger partial charge in [-0.15, -0.1) is 0 Å². The molecule has 0 spiro atoms. The summed E-state index contributed by atoms with van der Waals surface area (Å²) in [6.45, 7) is 1.50. The highest BCUT2D eigenvalue weighted by atomic mass is 79.9. The number of rotatable bonds is 4. The Bertz CT molecular complexity index is 430. The molecule has 0 aromatic carbocycles. The van der Waals surface area contributed by atoms with Crippen molar-refractivity contribution in [3.63, 3.8) is 0 Å². The third-order valence-corrected chi connectivity index (χ3v) is 2.41. The van der Waals surface area contributed by atoms with E-state index in [1.165, 1.54) is 10.6 Å². The summed E-state index contributed by atoms with van der Waals surface area (Å²) in [6.07, 6.45) is 1.55. The summed E-state index contributed by atoms with van der Waals surface area (Å²) < 4.78 is 2.03. The van der Waals surface area contributed by atoms with E-state index in [1.54, 1.807) is 19.2 Å². The number of halogens is 1. The highest BCUT2D eigenvalue weighted by molar-refractivity contribution is 9.10. The van der Waals surface area contributed by atoms with Crippen molar-refractivity contribution in [2.75, 3.05) is 6.61 Å². The number of aliphatic hydroxyl groups excluding tert-OH is 1. The third kappa shape index (κ3) is 3.79. The molecule has 0 aliphatic carbocycles. The first-order chi connectivity index (χ1) is 7.52. The Morgan fingerprint density at radius 3 is 2.94 bits per heavy atom. The maximum Gasteiger partial charge on any atom is 0.251 e. The van der Waals surface area contributed by atoms with E-state index in [2.05, 4.69) is 21.2 Å². The Morgan fingerprint density at radius 1 is 1.62 bits per heavy atom. The zero-order valence-electron chi connectivity index (χ0n) is 8.81. The second kappa shape index (κ2) is 5.81.